The summed E-state index contributed by atoms with van der Waals surface area (Å²) in [5, 5.41) is -0.301. The van der Waals surface area contributed by atoms with Crippen LogP contribution in [0.1, 0.15) is 58.5 Å². The predicted molar refractivity (Wildman–Crippen MR) is 125 cm³/mol. The molecule has 6 nitrogen and oxygen atoms in total. The van der Waals surface area contributed by atoms with Crippen LogP contribution in [0, 0.1) is 0 Å². The quantitative estimate of drug-likeness (QED) is 0.323. The van der Waals surface area contributed by atoms with Crippen molar-refractivity contribution < 1.29 is 39.6 Å². The van der Waals surface area contributed by atoms with Crippen molar-refractivity contribution >= 4 is 15.7 Å². The summed E-state index contributed by atoms with van der Waals surface area (Å²) in [5.41, 5.74) is -1.46. The van der Waals surface area contributed by atoms with Crippen LogP contribution in [0.3, 0.4) is 0 Å². The van der Waals surface area contributed by atoms with Gasteiger partial charge in [-0.05, 0) is 55.7 Å². The average Bonchev–Trinajstić information content (AvgIpc) is 3.59. The molecule has 0 aliphatic heterocycles. The Morgan fingerprint density at radius 1 is 1.00 bits per heavy atom. The Labute approximate surface area is 214 Å². The van der Waals surface area contributed by atoms with E-state index in [0.29, 0.717) is 18.5 Å². The summed E-state index contributed by atoms with van der Waals surface area (Å²) < 4.78 is 106. The van der Waals surface area contributed by atoms with E-state index in [0.717, 1.165) is 42.5 Å². The highest BCUT2D eigenvalue weighted by atomic mass is 32.2. The second-order valence-electron chi connectivity index (χ2n) is 8.98. The summed E-state index contributed by atoms with van der Waals surface area (Å²) in [6, 6.07) is 7.66. The lowest BCUT2D eigenvalue weighted by Gasteiger charge is -2.22. The van der Waals surface area contributed by atoms with Crippen molar-refractivity contribution in [2.75, 3.05) is 6.54 Å². The van der Waals surface area contributed by atoms with Gasteiger partial charge in [-0.2, -0.15) is 26.3 Å². The number of imidazole rings is 1. The van der Waals surface area contributed by atoms with E-state index < -0.39 is 45.0 Å². The molecule has 0 bridgehead atoms. The summed E-state index contributed by atoms with van der Waals surface area (Å²) in [6.45, 7) is 1.80. The van der Waals surface area contributed by atoms with E-state index in [4.69, 9.17) is 0 Å². The van der Waals surface area contributed by atoms with Crippen LogP contribution in [-0.2, 0) is 34.5 Å². The minimum absolute atomic E-state index is 0.0368. The van der Waals surface area contributed by atoms with Crippen molar-refractivity contribution in [3.63, 3.8) is 0 Å². The molecule has 1 fully saturated rings. The van der Waals surface area contributed by atoms with Crippen LogP contribution < -0.4 is 0 Å². The molecule has 0 atom stereocenters. The molecular formula is C25H23F6N3O3S. The number of carbonyl (C=O) groups excluding carboxylic acids is 1. The fourth-order valence-electron chi connectivity index (χ4n) is 4.08. The molecular weight excluding hydrogens is 536 g/mol. The zero-order valence-electron chi connectivity index (χ0n) is 20.1. The topological polar surface area (TPSA) is 72.3 Å². The van der Waals surface area contributed by atoms with Gasteiger partial charge in [0.25, 0.3) is 5.91 Å². The Kier molecular flexibility index (Phi) is 7.34. The van der Waals surface area contributed by atoms with Gasteiger partial charge in [0.05, 0.1) is 35.3 Å². The third-order valence-electron chi connectivity index (χ3n) is 6.12. The number of hydrogen-bond acceptors (Lipinski definition) is 4. The monoisotopic (exact) mass is 559 g/mol. The smallest absolute Gasteiger partial charge is 0.333 e. The number of amides is 1. The highest BCUT2D eigenvalue weighted by Crippen LogP contribution is 2.39. The van der Waals surface area contributed by atoms with Gasteiger partial charge in [0.1, 0.15) is 0 Å². The second-order valence-corrected chi connectivity index (χ2v) is 10.9. The molecule has 0 spiro atoms. The fraction of sp³-hybridized carbons (Fsp3) is 0.360. The Hall–Kier alpha value is -3.35. The first-order valence-electron chi connectivity index (χ1n) is 11.6. The summed E-state index contributed by atoms with van der Waals surface area (Å²) in [6.07, 6.45) is -6.54. The molecule has 1 heterocycles. The van der Waals surface area contributed by atoms with Gasteiger partial charge in [0.2, 0.25) is 15.0 Å². The summed E-state index contributed by atoms with van der Waals surface area (Å²) in [5.74, 6) is -1.24. The minimum atomic E-state index is -4.62. The van der Waals surface area contributed by atoms with E-state index in [1.807, 2.05) is 0 Å². The van der Waals surface area contributed by atoms with Crippen LogP contribution in [0.4, 0.5) is 26.3 Å². The lowest BCUT2D eigenvalue weighted by molar-refractivity contribution is -0.138. The van der Waals surface area contributed by atoms with Crippen molar-refractivity contribution in [3.8, 4) is 0 Å². The molecule has 0 N–H and O–H groups in total. The van der Waals surface area contributed by atoms with E-state index in [9.17, 15) is 39.6 Å². The summed E-state index contributed by atoms with van der Waals surface area (Å²) in [7, 11) is -4.15. The molecule has 2 aromatic carbocycles. The molecule has 204 valence electrons. The number of alkyl halides is 6. The zero-order chi connectivity index (χ0) is 27.9. The summed E-state index contributed by atoms with van der Waals surface area (Å²) in [4.78, 5) is 18.4. The number of sulfone groups is 1. The molecule has 4 rings (SSSR count). The third-order valence-corrected chi connectivity index (χ3v) is 7.69. The first kappa shape index (κ1) is 27.7. The standard InChI is InChI=1S/C25H23F6N3O3S/c1-2-33(22(35)17-6-8-18(9-7-17)24(26,27)28)14-21-13-32-23(34(21)20-10-11-20)38(36,37)15-16-4-3-5-19(12-16)25(29,30)31/h3-9,12-13,20H,2,10-11,14-15H2,1H3. The average molecular weight is 560 g/mol. The Morgan fingerprint density at radius 2 is 1.63 bits per heavy atom. The van der Waals surface area contributed by atoms with E-state index in [1.54, 1.807) is 6.92 Å². The number of halogens is 6. The van der Waals surface area contributed by atoms with Gasteiger partial charge in [0.15, 0.2) is 0 Å². The molecule has 1 amide bonds. The van der Waals surface area contributed by atoms with E-state index in [-0.39, 0.29) is 35.4 Å². The van der Waals surface area contributed by atoms with Gasteiger partial charge >= 0.3 is 12.4 Å². The number of nitrogens with zero attached hydrogens (tertiary/aromatic N) is 3. The Morgan fingerprint density at radius 3 is 2.18 bits per heavy atom. The molecule has 13 heteroatoms. The largest absolute Gasteiger partial charge is 0.416 e. The van der Waals surface area contributed by atoms with Crippen LogP contribution in [0.2, 0.25) is 0 Å². The van der Waals surface area contributed by atoms with Crippen LogP contribution in [0.25, 0.3) is 0 Å². The Bertz CT molecular complexity index is 1430. The predicted octanol–water partition coefficient (Wildman–Crippen LogP) is 5.89. The maximum absolute atomic E-state index is 13.2. The minimum Gasteiger partial charge on any atom is -0.333 e. The first-order chi connectivity index (χ1) is 17.7. The molecule has 3 aromatic rings. The molecule has 1 aliphatic rings. The van der Waals surface area contributed by atoms with Gasteiger partial charge in [-0.3, -0.25) is 4.79 Å². The van der Waals surface area contributed by atoms with Crippen LogP contribution in [0.5, 0.6) is 0 Å². The zero-order valence-corrected chi connectivity index (χ0v) is 20.9. The molecule has 1 aromatic heterocycles. The van der Waals surface area contributed by atoms with Crippen molar-refractivity contribution in [1.29, 1.82) is 0 Å². The second kappa shape index (κ2) is 10.1. The van der Waals surface area contributed by atoms with Crippen LogP contribution >= 0.6 is 0 Å². The van der Waals surface area contributed by atoms with Gasteiger partial charge in [0, 0.05) is 18.2 Å². The Balaban J connectivity index is 1.59. The lowest BCUT2D eigenvalue weighted by Crippen LogP contribution is -2.31. The molecule has 0 radical (unpaired) electrons. The van der Waals surface area contributed by atoms with Gasteiger partial charge in [-0.15, -0.1) is 0 Å². The summed E-state index contributed by atoms with van der Waals surface area (Å²) >= 11 is 0. The van der Waals surface area contributed by atoms with Crippen LogP contribution in [0.15, 0.2) is 59.9 Å². The highest BCUT2D eigenvalue weighted by Gasteiger charge is 2.35. The number of benzene rings is 2. The molecule has 1 saturated carbocycles. The van der Waals surface area contributed by atoms with E-state index >= 15 is 0 Å². The third kappa shape index (κ3) is 6.03. The highest BCUT2D eigenvalue weighted by molar-refractivity contribution is 7.90. The number of carbonyl (C=O) groups is 1. The maximum atomic E-state index is 13.2. The SMILES string of the molecule is CCN(Cc1cnc(S(=O)(=O)Cc2cccc(C(F)(F)F)c2)n1C1CC1)C(=O)c1ccc(C(F)(F)F)cc1. The molecule has 1 aliphatic carbocycles. The molecule has 0 unspecified atom stereocenters. The van der Waals surface area contributed by atoms with Crippen molar-refractivity contribution in [3.05, 3.63) is 82.7 Å². The van der Waals surface area contributed by atoms with Gasteiger partial charge in [-0.1, -0.05) is 18.2 Å². The molecule has 0 saturated heterocycles. The number of aromatic nitrogens is 2. The van der Waals surface area contributed by atoms with Crippen LogP contribution in [-0.4, -0.2) is 35.3 Å². The van der Waals surface area contributed by atoms with Crippen molar-refractivity contribution in [2.24, 2.45) is 0 Å². The number of hydrogen-bond donors (Lipinski definition) is 0. The normalized spacial score (nSPS) is 14.5. The van der Waals surface area contributed by atoms with Gasteiger partial charge < -0.3 is 9.47 Å². The van der Waals surface area contributed by atoms with E-state index in [1.165, 1.54) is 21.7 Å². The van der Waals surface area contributed by atoms with Gasteiger partial charge in [-0.25, -0.2) is 13.4 Å². The maximum Gasteiger partial charge on any atom is 0.416 e. The van der Waals surface area contributed by atoms with Crippen molar-refractivity contribution in [2.45, 2.75) is 55.6 Å². The van der Waals surface area contributed by atoms with Crippen molar-refractivity contribution in [1.82, 2.24) is 14.5 Å². The van der Waals surface area contributed by atoms with E-state index in [2.05, 4.69) is 4.98 Å². The fourth-order valence-corrected chi connectivity index (χ4v) is 5.60. The first-order valence-corrected chi connectivity index (χ1v) is 13.3. The number of rotatable bonds is 8. The molecule has 38 heavy (non-hydrogen) atoms. The lowest BCUT2D eigenvalue weighted by atomic mass is 10.1.